The molecule has 1 aromatic heterocycles. The van der Waals surface area contributed by atoms with E-state index in [4.69, 9.17) is 0 Å². The van der Waals surface area contributed by atoms with Crippen LogP contribution in [0.15, 0.2) is 48.7 Å². The van der Waals surface area contributed by atoms with E-state index in [1.165, 1.54) is 18.2 Å². The molecule has 1 atom stereocenters. The summed E-state index contributed by atoms with van der Waals surface area (Å²) < 4.78 is 13.8. The Balaban J connectivity index is 0.943. The zero-order valence-corrected chi connectivity index (χ0v) is 27.1. The van der Waals surface area contributed by atoms with Crippen LogP contribution in [0, 0.1) is 19.7 Å². The highest BCUT2D eigenvalue weighted by molar-refractivity contribution is 6.35. The molecule has 0 aliphatic carbocycles. The molecule has 10 nitrogen and oxygen atoms in total. The Morgan fingerprint density at radius 2 is 1.71 bits per heavy atom. The molecule has 1 saturated heterocycles. The number of unbranched alkanes of at least 4 members (excludes halogenated alkanes) is 4. The van der Waals surface area contributed by atoms with Gasteiger partial charge in [-0.15, -0.1) is 0 Å². The van der Waals surface area contributed by atoms with Gasteiger partial charge in [-0.25, -0.2) is 4.39 Å². The molecule has 11 heteroatoms. The molecule has 3 aromatic rings. The summed E-state index contributed by atoms with van der Waals surface area (Å²) >= 11 is 0. The second kappa shape index (κ2) is 13.4. The van der Waals surface area contributed by atoms with Gasteiger partial charge in [-0.3, -0.25) is 28.9 Å². The van der Waals surface area contributed by atoms with Crippen LogP contribution in [0.1, 0.15) is 104 Å². The first-order valence-electron chi connectivity index (χ1n) is 16.3. The summed E-state index contributed by atoms with van der Waals surface area (Å²) in [5.74, 6) is -2.17. The number of fused-ring (bicyclic) bond motifs is 2. The molecule has 0 radical (unpaired) electrons. The van der Waals surface area contributed by atoms with Gasteiger partial charge in [-0.05, 0) is 93.5 Å². The maximum atomic E-state index is 13.8. The van der Waals surface area contributed by atoms with Crippen molar-refractivity contribution < 1.29 is 28.4 Å². The van der Waals surface area contributed by atoms with Crippen molar-refractivity contribution in [2.24, 2.45) is 0 Å². The van der Waals surface area contributed by atoms with Crippen molar-refractivity contribution >= 4 is 46.9 Å². The van der Waals surface area contributed by atoms with Crippen LogP contribution in [0.4, 0.5) is 10.1 Å². The second-order valence-corrected chi connectivity index (χ2v) is 12.6. The number of aryl methyl sites for hydroxylation is 2. The maximum absolute atomic E-state index is 13.8. The van der Waals surface area contributed by atoms with Crippen LogP contribution in [-0.2, 0) is 16.0 Å². The number of benzene rings is 2. The fourth-order valence-corrected chi connectivity index (χ4v) is 6.74. The van der Waals surface area contributed by atoms with Crippen LogP contribution in [0.5, 0.6) is 0 Å². The number of imide groups is 1. The highest BCUT2D eigenvalue weighted by Crippen LogP contribution is 2.34. The zero-order valence-electron chi connectivity index (χ0n) is 27.1. The van der Waals surface area contributed by atoms with Gasteiger partial charge in [-0.2, -0.15) is 0 Å². The lowest BCUT2D eigenvalue weighted by Gasteiger charge is -2.29. The van der Waals surface area contributed by atoms with Gasteiger partial charge >= 0.3 is 0 Å². The summed E-state index contributed by atoms with van der Waals surface area (Å²) in [6.07, 6.45) is 7.96. The van der Waals surface area contributed by atoms with E-state index < -0.39 is 23.7 Å². The number of H-pyrrole nitrogens is 1. The lowest BCUT2D eigenvalue weighted by Crippen LogP contribution is -2.51. The van der Waals surface area contributed by atoms with Crippen LogP contribution in [0.2, 0.25) is 0 Å². The number of amides is 5. The molecule has 3 aliphatic heterocycles. The highest BCUT2D eigenvalue weighted by Gasteiger charge is 2.44. The number of anilines is 1. The van der Waals surface area contributed by atoms with E-state index in [-0.39, 0.29) is 17.7 Å². The molecule has 0 spiro atoms. The average Bonchev–Trinajstić information content (AvgIpc) is 3.60. The fourth-order valence-electron chi connectivity index (χ4n) is 6.74. The molecule has 3 aliphatic rings. The molecule has 0 bridgehead atoms. The largest absolute Gasteiger partial charge is 0.358 e. The van der Waals surface area contributed by atoms with Crippen LogP contribution < -0.4 is 16.0 Å². The first kappa shape index (κ1) is 32.6. The topological polar surface area (TPSA) is 140 Å². The summed E-state index contributed by atoms with van der Waals surface area (Å²) in [7, 11) is 0. The monoisotopic (exact) mass is 651 g/mol. The maximum Gasteiger partial charge on any atom is 0.262 e. The number of allylic oxidation sites excluding steroid dienone is 1. The summed E-state index contributed by atoms with van der Waals surface area (Å²) in [5, 5.41) is 8.39. The minimum Gasteiger partial charge on any atom is -0.358 e. The van der Waals surface area contributed by atoms with Crippen LogP contribution >= 0.6 is 0 Å². The number of carbonyl (C=O) groups excluding carboxylic acids is 5. The van der Waals surface area contributed by atoms with Crippen molar-refractivity contribution in [2.75, 3.05) is 11.9 Å². The molecule has 4 N–H and O–H groups in total. The number of nitrogens with zero attached hydrogens (tertiary/aromatic N) is 1. The van der Waals surface area contributed by atoms with Gasteiger partial charge in [0, 0.05) is 34.9 Å². The van der Waals surface area contributed by atoms with E-state index in [0.717, 1.165) is 49.0 Å². The molecule has 4 heterocycles. The zero-order chi connectivity index (χ0) is 34.1. The molecule has 5 amide bonds. The average molecular weight is 652 g/mol. The van der Waals surface area contributed by atoms with E-state index in [1.807, 2.05) is 19.9 Å². The molecule has 2 aromatic carbocycles. The number of hydrogen-bond donors (Lipinski definition) is 4. The van der Waals surface area contributed by atoms with E-state index >= 15 is 0 Å². The third kappa shape index (κ3) is 6.32. The van der Waals surface area contributed by atoms with E-state index in [0.29, 0.717) is 75.5 Å². The first-order valence-corrected chi connectivity index (χ1v) is 16.3. The summed E-state index contributed by atoms with van der Waals surface area (Å²) in [5.41, 5.74) is 6.19. The number of carbonyl (C=O) groups is 5. The lowest BCUT2D eigenvalue weighted by atomic mass is 10.0. The summed E-state index contributed by atoms with van der Waals surface area (Å²) in [6, 6.07) is 8.67. The Morgan fingerprint density at radius 3 is 2.50 bits per heavy atom. The predicted molar refractivity (Wildman–Crippen MR) is 180 cm³/mol. The van der Waals surface area contributed by atoms with E-state index in [1.54, 1.807) is 18.2 Å². The second-order valence-electron chi connectivity index (χ2n) is 12.6. The number of aromatic amines is 1. The molecule has 1 unspecified atom stereocenters. The molecule has 248 valence electrons. The number of aromatic nitrogens is 1. The third-order valence-corrected chi connectivity index (χ3v) is 9.30. The highest BCUT2D eigenvalue weighted by atomic mass is 19.1. The normalized spacial score (nSPS) is 17.9. The molecular formula is C37H38FN5O5. The number of halogens is 1. The van der Waals surface area contributed by atoms with Gasteiger partial charge in [0.25, 0.3) is 23.6 Å². The van der Waals surface area contributed by atoms with Crippen LogP contribution in [0.3, 0.4) is 0 Å². The van der Waals surface area contributed by atoms with Crippen molar-refractivity contribution in [3.05, 3.63) is 99.3 Å². The van der Waals surface area contributed by atoms with Crippen molar-refractivity contribution in [3.8, 4) is 0 Å². The quantitative estimate of drug-likeness (QED) is 0.122. The van der Waals surface area contributed by atoms with E-state index in [2.05, 4.69) is 27.5 Å². The van der Waals surface area contributed by atoms with Crippen LogP contribution in [-0.4, -0.2) is 52.0 Å². The van der Waals surface area contributed by atoms with Crippen molar-refractivity contribution in [2.45, 2.75) is 71.3 Å². The molecule has 48 heavy (non-hydrogen) atoms. The minimum absolute atomic E-state index is 0.189. The number of rotatable bonds is 11. The molecular weight excluding hydrogens is 613 g/mol. The fraction of sp³-hybridized carbons (Fsp3) is 0.324. The Morgan fingerprint density at radius 1 is 0.958 bits per heavy atom. The number of hydrogen-bond acceptors (Lipinski definition) is 5. The predicted octanol–water partition coefficient (Wildman–Crippen LogP) is 5.57. The Bertz CT molecular complexity index is 1910. The van der Waals surface area contributed by atoms with E-state index in [9.17, 15) is 28.4 Å². The third-order valence-electron chi connectivity index (χ3n) is 9.30. The van der Waals surface area contributed by atoms with Gasteiger partial charge in [0.15, 0.2) is 0 Å². The van der Waals surface area contributed by atoms with Gasteiger partial charge in [0.1, 0.15) is 11.9 Å². The summed E-state index contributed by atoms with van der Waals surface area (Å²) in [4.78, 5) is 68.4. The SMILES string of the molecule is C=C1CCC(N2C(=O)c3ccc(CCCCCCCNC(=O)c4c(C)[nH]c(/C=C5\C(=O)Nc6ccc(F)cc65)c4C)cc3C2=O)C(=O)N1. The van der Waals surface area contributed by atoms with Gasteiger partial charge in [-0.1, -0.05) is 31.9 Å². The molecule has 1 fully saturated rings. The van der Waals surface area contributed by atoms with Gasteiger partial charge in [0.2, 0.25) is 5.91 Å². The smallest absolute Gasteiger partial charge is 0.262 e. The number of nitrogens with one attached hydrogen (secondary N) is 4. The van der Waals surface area contributed by atoms with Crippen molar-refractivity contribution in [1.82, 2.24) is 20.5 Å². The lowest BCUT2D eigenvalue weighted by molar-refractivity contribution is -0.125. The molecule has 6 rings (SSSR count). The van der Waals surface area contributed by atoms with Gasteiger partial charge in [0.05, 0.1) is 22.3 Å². The first-order chi connectivity index (χ1) is 23.0. The van der Waals surface area contributed by atoms with Crippen molar-refractivity contribution in [1.29, 1.82) is 0 Å². The van der Waals surface area contributed by atoms with Gasteiger partial charge < -0.3 is 20.9 Å². The Labute approximate surface area is 277 Å². The summed E-state index contributed by atoms with van der Waals surface area (Å²) in [6.45, 7) is 7.92. The number of piperidine rings is 1. The minimum atomic E-state index is -0.819. The Kier molecular flexibility index (Phi) is 9.12. The standard InChI is InChI=1S/C37H38FN5O5/c1-20-10-15-31(34(45)40-20)43-36(47)25-13-11-23(17-28(25)37(43)48)9-7-5-4-6-8-16-39-35(46)32-21(2)30(41-22(32)3)19-27-26-18-24(38)12-14-29(26)42-33(27)44/h11-14,17-19,31,41H,1,4-10,15-16H2,2-3H3,(H,39,46)(H,40,45)(H,42,44)/b27-19-. The van der Waals surface area contributed by atoms with Crippen LogP contribution in [0.25, 0.3) is 11.6 Å². The Hall–Kier alpha value is -5.32. The molecule has 0 saturated carbocycles. The van der Waals surface area contributed by atoms with Crippen molar-refractivity contribution in [3.63, 3.8) is 0 Å².